The van der Waals surface area contributed by atoms with Crippen LogP contribution in [-0.4, -0.2) is 27.5 Å². The number of benzene rings is 2. The number of halogens is 1. The molecule has 2 aromatic rings. The second kappa shape index (κ2) is 12.1. The Morgan fingerprint density at radius 2 is 1.55 bits per heavy atom. The number of hydrogen-bond donors (Lipinski definition) is 3. The Morgan fingerprint density at radius 3 is 2.10 bits per heavy atom. The van der Waals surface area contributed by atoms with Crippen molar-refractivity contribution in [1.29, 1.82) is 0 Å². The molecule has 0 aromatic heterocycles. The number of rotatable bonds is 8. The predicted octanol–water partition coefficient (Wildman–Crippen LogP) is 3.56. The molecule has 160 valence electrons. The lowest BCUT2D eigenvalue weighted by Gasteiger charge is -2.18. The maximum absolute atomic E-state index is 12.0. The first kappa shape index (κ1) is 25.4. The van der Waals surface area contributed by atoms with Crippen molar-refractivity contribution in [3.63, 3.8) is 0 Å². The highest BCUT2D eigenvalue weighted by Crippen LogP contribution is 2.11. The second-order valence-corrected chi connectivity index (χ2v) is 8.80. The Hall–Kier alpha value is -1.65. The number of sulfonamides is 1. The Bertz CT molecular complexity index is 869. The summed E-state index contributed by atoms with van der Waals surface area (Å²) in [6.07, 6.45) is 0. The molecule has 0 aliphatic carbocycles. The van der Waals surface area contributed by atoms with Crippen molar-refractivity contribution in [1.82, 2.24) is 15.4 Å². The van der Waals surface area contributed by atoms with Crippen LogP contribution in [0.5, 0.6) is 0 Å². The number of nitrogens with zero attached hydrogens (tertiary/aromatic N) is 1. The van der Waals surface area contributed by atoms with Crippen LogP contribution in [-0.2, 0) is 22.3 Å². The van der Waals surface area contributed by atoms with E-state index in [4.69, 9.17) is 0 Å². The average Bonchev–Trinajstić information content (AvgIpc) is 2.65. The summed E-state index contributed by atoms with van der Waals surface area (Å²) in [4.78, 5) is 4.27. The van der Waals surface area contributed by atoms with Crippen molar-refractivity contribution in [2.75, 3.05) is 7.05 Å². The highest BCUT2D eigenvalue weighted by molar-refractivity contribution is 14.0. The summed E-state index contributed by atoms with van der Waals surface area (Å²) in [5.74, 6) is 0.695. The Balaban J connectivity index is 0.00000420. The summed E-state index contributed by atoms with van der Waals surface area (Å²) in [6, 6.07) is 17.8. The van der Waals surface area contributed by atoms with E-state index in [2.05, 4.69) is 39.4 Å². The normalized spacial score (nSPS) is 12.9. The summed E-state index contributed by atoms with van der Waals surface area (Å²) in [5, 5.41) is 6.65. The topological polar surface area (TPSA) is 82.6 Å². The van der Waals surface area contributed by atoms with E-state index in [9.17, 15) is 8.42 Å². The van der Waals surface area contributed by atoms with E-state index in [1.54, 1.807) is 7.05 Å². The molecule has 0 saturated carbocycles. The molecule has 8 heteroatoms. The van der Waals surface area contributed by atoms with Crippen molar-refractivity contribution in [3.05, 3.63) is 71.3 Å². The molecule has 1 unspecified atom stereocenters. The molecule has 0 heterocycles. The zero-order valence-electron chi connectivity index (χ0n) is 17.3. The zero-order valence-corrected chi connectivity index (χ0v) is 20.5. The van der Waals surface area contributed by atoms with Gasteiger partial charge in [0.05, 0.1) is 11.8 Å². The smallest absolute Gasteiger partial charge is 0.216 e. The van der Waals surface area contributed by atoms with E-state index < -0.39 is 10.0 Å². The highest BCUT2D eigenvalue weighted by atomic mass is 127. The number of guanidine groups is 1. The van der Waals surface area contributed by atoms with Gasteiger partial charge >= 0.3 is 0 Å². The maximum atomic E-state index is 12.0. The molecule has 1 atom stereocenters. The molecule has 0 bridgehead atoms. The lowest BCUT2D eigenvalue weighted by atomic mass is 10.1. The second-order valence-electron chi connectivity index (χ2n) is 7.05. The van der Waals surface area contributed by atoms with E-state index in [0.29, 0.717) is 12.5 Å². The van der Waals surface area contributed by atoms with Gasteiger partial charge in [-0.05, 0) is 37.5 Å². The van der Waals surface area contributed by atoms with Gasteiger partial charge in [0.1, 0.15) is 0 Å². The Morgan fingerprint density at radius 1 is 0.966 bits per heavy atom. The first-order valence-corrected chi connectivity index (χ1v) is 11.0. The fourth-order valence-corrected chi connectivity index (χ4v) is 4.22. The van der Waals surface area contributed by atoms with Crippen LogP contribution in [0.15, 0.2) is 59.6 Å². The Labute approximate surface area is 191 Å². The van der Waals surface area contributed by atoms with Crippen LogP contribution >= 0.6 is 24.0 Å². The third-order valence-electron chi connectivity index (χ3n) is 4.13. The summed E-state index contributed by atoms with van der Waals surface area (Å²) in [7, 11) is -1.57. The average molecular weight is 530 g/mol. The lowest BCUT2D eigenvalue weighted by molar-refractivity contribution is 0.569. The predicted molar refractivity (Wildman–Crippen MR) is 131 cm³/mol. The van der Waals surface area contributed by atoms with Gasteiger partial charge in [0, 0.05) is 19.6 Å². The molecule has 0 fully saturated rings. The fourth-order valence-electron chi connectivity index (χ4n) is 2.78. The number of hydrogen-bond acceptors (Lipinski definition) is 3. The molecule has 2 rings (SSSR count). The third kappa shape index (κ3) is 9.14. The van der Waals surface area contributed by atoms with Gasteiger partial charge < -0.3 is 10.6 Å². The number of aliphatic imine (C=N–C) groups is 1. The van der Waals surface area contributed by atoms with Crippen LogP contribution in [0.3, 0.4) is 0 Å². The van der Waals surface area contributed by atoms with Crippen LogP contribution < -0.4 is 15.4 Å². The maximum Gasteiger partial charge on any atom is 0.216 e. The van der Waals surface area contributed by atoms with Gasteiger partial charge in [-0.25, -0.2) is 13.1 Å². The minimum Gasteiger partial charge on any atom is -0.352 e. The van der Waals surface area contributed by atoms with Gasteiger partial charge in [-0.1, -0.05) is 54.6 Å². The largest absolute Gasteiger partial charge is 0.352 e. The third-order valence-corrected chi connectivity index (χ3v) is 5.68. The molecule has 0 aliphatic rings. The molecule has 0 amide bonds. The van der Waals surface area contributed by atoms with E-state index in [-0.39, 0.29) is 41.8 Å². The highest BCUT2D eigenvalue weighted by Gasteiger charge is 2.13. The summed E-state index contributed by atoms with van der Waals surface area (Å²) < 4.78 is 26.6. The first-order valence-electron chi connectivity index (χ1n) is 9.39. The summed E-state index contributed by atoms with van der Waals surface area (Å²) >= 11 is 0. The van der Waals surface area contributed by atoms with Crippen molar-refractivity contribution >= 4 is 40.0 Å². The molecule has 0 aliphatic heterocycles. The van der Waals surface area contributed by atoms with Crippen LogP contribution in [0.1, 0.15) is 43.5 Å². The van der Waals surface area contributed by atoms with Gasteiger partial charge in [0.2, 0.25) is 10.0 Å². The summed E-state index contributed by atoms with van der Waals surface area (Å²) in [6.45, 7) is 6.30. The molecule has 0 spiro atoms. The molecule has 29 heavy (non-hydrogen) atoms. The van der Waals surface area contributed by atoms with Crippen molar-refractivity contribution in [2.45, 2.75) is 45.2 Å². The van der Waals surface area contributed by atoms with E-state index in [1.165, 1.54) is 5.56 Å². The minimum absolute atomic E-state index is 0. The molecular formula is C21H31IN4O2S. The lowest BCUT2D eigenvalue weighted by Crippen LogP contribution is -2.38. The van der Waals surface area contributed by atoms with Crippen LogP contribution in [0.2, 0.25) is 0 Å². The van der Waals surface area contributed by atoms with Crippen molar-refractivity contribution in [2.24, 2.45) is 4.99 Å². The standard InChI is InChI=1S/C21H30N4O2S.HI/c1-16(2)25-28(26,27)15-19-12-10-18(11-13-19)14-23-21(22-4)24-17(3)20-8-6-5-7-9-20;/h5-13,16-17,25H,14-15H2,1-4H3,(H2,22,23,24);1H. The molecular weight excluding hydrogens is 499 g/mol. The zero-order chi connectivity index (χ0) is 20.6. The van der Waals surface area contributed by atoms with Gasteiger partial charge in [-0.2, -0.15) is 0 Å². The van der Waals surface area contributed by atoms with Gasteiger partial charge in [0.25, 0.3) is 0 Å². The monoisotopic (exact) mass is 530 g/mol. The van der Waals surface area contributed by atoms with E-state index in [0.717, 1.165) is 11.1 Å². The molecule has 2 aromatic carbocycles. The SMILES string of the molecule is CN=C(NCc1ccc(CS(=O)(=O)NC(C)C)cc1)NC(C)c1ccccc1.I. The van der Waals surface area contributed by atoms with Crippen molar-refractivity contribution in [3.8, 4) is 0 Å². The quantitative estimate of drug-likeness (QED) is 0.277. The number of nitrogens with one attached hydrogen (secondary N) is 3. The Kier molecular flexibility index (Phi) is 10.6. The molecule has 3 N–H and O–H groups in total. The minimum atomic E-state index is -3.31. The molecule has 0 saturated heterocycles. The van der Waals surface area contributed by atoms with Gasteiger partial charge in [-0.3, -0.25) is 4.99 Å². The van der Waals surface area contributed by atoms with Gasteiger partial charge in [0.15, 0.2) is 5.96 Å². The van der Waals surface area contributed by atoms with Crippen molar-refractivity contribution < 1.29 is 8.42 Å². The van der Waals surface area contributed by atoms with Crippen LogP contribution in [0.4, 0.5) is 0 Å². The van der Waals surface area contributed by atoms with Crippen LogP contribution in [0, 0.1) is 0 Å². The van der Waals surface area contributed by atoms with Crippen LogP contribution in [0.25, 0.3) is 0 Å². The first-order chi connectivity index (χ1) is 13.3. The van der Waals surface area contributed by atoms with Gasteiger partial charge in [-0.15, -0.1) is 24.0 Å². The molecule has 6 nitrogen and oxygen atoms in total. The summed E-state index contributed by atoms with van der Waals surface area (Å²) in [5.41, 5.74) is 3.00. The fraction of sp³-hybridized carbons (Fsp3) is 0.381. The molecule has 0 radical (unpaired) electrons. The van der Waals surface area contributed by atoms with E-state index >= 15 is 0 Å². The van der Waals surface area contributed by atoms with E-state index in [1.807, 2.05) is 56.3 Å².